The summed E-state index contributed by atoms with van der Waals surface area (Å²) in [6.07, 6.45) is -4.59. The van der Waals surface area contributed by atoms with E-state index in [1.165, 1.54) is 12.1 Å². The van der Waals surface area contributed by atoms with Gasteiger partial charge < -0.3 is 4.74 Å². The number of rotatable bonds is 2. The van der Waals surface area contributed by atoms with Crippen molar-refractivity contribution in [1.82, 2.24) is 0 Å². The number of carbonyl (C=O) groups excluding carboxylic acids is 1. The Labute approximate surface area is 91.0 Å². The van der Waals surface area contributed by atoms with Crippen molar-refractivity contribution in [3.05, 3.63) is 35.9 Å². The molecule has 0 aliphatic rings. The first-order valence-electron chi connectivity index (χ1n) is 4.59. The van der Waals surface area contributed by atoms with Crippen LogP contribution in [0.4, 0.5) is 13.2 Å². The standard InChI is InChI=1S/C11H11F3O2/c1-10(2,11(12,13)14)16-9(15)8-6-4-3-5-7-8/h3-7H,1-2H3. The highest BCUT2D eigenvalue weighted by Gasteiger charge is 2.50. The molecule has 0 radical (unpaired) electrons. The van der Waals surface area contributed by atoms with E-state index in [9.17, 15) is 18.0 Å². The number of benzene rings is 1. The Balaban J connectivity index is 2.80. The zero-order chi connectivity index (χ0) is 12.4. The number of hydrogen-bond acceptors (Lipinski definition) is 2. The smallest absolute Gasteiger partial charge is 0.427 e. The van der Waals surface area contributed by atoms with E-state index in [4.69, 9.17) is 0 Å². The largest absolute Gasteiger partial charge is 0.446 e. The number of ether oxygens (including phenoxy) is 1. The average molecular weight is 232 g/mol. The summed E-state index contributed by atoms with van der Waals surface area (Å²) < 4.78 is 41.7. The second-order valence-electron chi connectivity index (χ2n) is 3.76. The minimum absolute atomic E-state index is 0.0971. The topological polar surface area (TPSA) is 26.3 Å². The highest BCUT2D eigenvalue weighted by Crippen LogP contribution is 2.33. The summed E-state index contributed by atoms with van der Waals surface area (Å²) in [5.74, 6) is -0.983. The number of halogens is 3. The van der Waals surface area contributed by atoms with Crippen LogP contribution in [-0.2, 0) is 4.74 Å². The highest BCUT2D eigenvalue weighted by molar-refractivity contribution is 5.89. The molecule has 16 heavy (non-hydrogen) atoms. The quantitative estimate of drug-likeness (QED) is 0.732. The van der Waals surface area contributed by atoms with Crippen LogP contribution in [0.15, 0.2) is 30.3 Å². The molecule has 1 aromatic carbocycles. The Morgan fingerprint density at radius 1 is 1.12 bits per heavy atom. The summed E-state index contributed by atoms with van der Waals surface area (Å²) in [5, 5.41) is 0. The molecule has 0 amide bonds. The second-order valence-corrected chi connectivity index (χ2v) is 3.76. The van der Waals surface area contributed by atoms with Gasteiger partial charge in [0.1, 0.15) is 0 Å². The van der Waals surface area contributed by atoms with E-state index < -0.39 is 17.7 Å². The summed E-state index contributed by atoms with van der Waals surface area (Å²) >= 11 is 0. The molecule has 0 saturated heterocycles. The van der Waals surface area contributed by atoms with E-state index >= 15 is 0 Å². The summed E-state index contributed by atoms with van der Waals surface area (Å²) in [4.78, 5) is 11.4. The van der Waals surface area contributed by atoms with Crippen molar-refractivity contribution in [2.24, 2.45) is 0 Å². The molecular weight excluding hydrogens is 221 g/mol. The molecule has 0 saturated carbocycles. The summed E-state index contributed by atoms with van der Waals surface area (Å²) in [7, 11) is 0. The molecule has 0 fully saturated rings. The lowest BCUT2D eigenvalue weighted by Gasteiger charge is -2.27. The summed E-state index contributed by atoms with van der Waals surface area (Å²) in [5.41, 5.74) is -2.39. The lowest BCUT2D eigenvalue weighted by Crippen LogP contribution is -2.43. The average Bonchev–Trinajstić information content (AvgIpc) is 2.16. The fourth-order valence-corrected chi connectivity index (χ4v) is 0.923. The third-order valence-electron chi connectivity index (χ3n) is 2.04. The molecule has 0 aliphatic carbocycles. The van der Waals surface area contributed by atoms with Crippen molar-refractivity contribution in [3.63, 3.8) is 0 Å². The first kappa shape index (κ1) is 12.5. The van der Waals surface area contributed by atoms with Crippen molar-refractivity contribution in [3.8, 4) is 0 Å². The monoisotopic (exact) mass is 232 g/mol. The molecule has 0 bridgehead atoms. The van der Waals surface area contributed by atoms with Gasteiger partial charge in [-0.05, 0) is 26.0 Å². The maximum absolute atomic E-state index is 12.4. The first-order valence-corrected chi connectivity index (χ1v) is 4.59. The van der Waals surface area contributed by atoms with Crippen molar-refractivity contribution in [2.45, 2.75) is 25.6 Å². The predicted octanol–water partition coefficient (Wildman–Crippen LogP) is 3.18. The van der Waals surface area contributed by atoms with Crippen LogP contribution >= 0.6 is 0 Å². The summed E-state index contributed by atoms with van der Waals surface area (Å²) in [6, 6.07) is 7.56. The third-order valence-corrected chi connectivity index (χ3v) is 2.04. The van der Waals surface area contributed by atoms with Crippen LogP contribution in [0, 0.1) is 0 Å². The van der Waals surface area contributed by atoms with E-state index in [1.54, 1.807) is 18.2 Å². The lowest BCUT2D eigenvalue weighted by molar-refractivity contribution is -0.244. The van der Waals surface area contributed by atoms with Crippen LogP contribution in [0.25, 0.3) is 0 Å². The first-order chi connectivity index (χ1) is 7.24. The van der Waals surface area contributed by atoms with Crippen LogP contribution in [-0.4, -0.2) is 17.7 Å². The molecule has 0 heterocycles. The van der Waals surface area contributed by atoms with Gasteiger partial charge in [-0.2, -0.15) is 13.2 Å². The van der Waals surface area contributed by atoms with Crippen molar-refractivity contribution in [1.29, 1.82) is 0 Å². The highest BCUT2D eigenvalue weighted by atomic mass is 19.4. The van der Waals surface area contributed by atoms with Gasteiger partial charge >= 0.3 is 12.1 Å². The minimum Gasteiger partial charge on any atom is -0.446 e. The van der Waals surface area contributed by atoms with Crippen LogP contribution in [0.5, 0.6) is 0 Å². The van der Waals surface area contributed by atoms with Gasteiger partial charge in [0.2, 0.25) is 5.60 Å². The molecule has 1 rings (SSSR count). The van der Waals surface area contributed by atoms with Crippen LogP contribution in [0.3, 0.4) is 0 Å². The van der Waals surface area contributed by atoms with E-state index in [0.29, 0.717) is 0 Å². The summed E-state index contributed by atoms with van der Waals surface area (Å²) in [6.45, 7) is 1.63. The molecule has 0 N–H and O–H groups in total. The molecule has 0 aromatic heterocycles. The molecule has 2 nitrogen and oxygen atoms in total. The molecule has 5 heteroatoms. The Kier molecular flexibility index (Phi) is 3.26. The molecule has 0 spiro atoms. The Morgan fingerprint density at radius 2 is 1.62 bits per heavy atom. The van der Waals surface area contributed by atoms with Gasteiger partial charge in [-0.25, -0.2) is 4.79 Å². The van der Waals surface area contributed by atoms with E-state index in [2.05, 4.69) is 4.74 Å². The Morgan fingerprint density at radius 3 is 2.06 bits per heavy atom. The molecule has 88 valence electrons. The fourth-order valence-electron chi connectivity index (χ4n) is 0.923. The zero-order valence-corrected chi connectivity index (χ0v) is 8.84. The number of carbonyl (C=O) groups is 1. The number of esters is 1. The minimum atomic E-state index is -4.59. The molecule has 1 aromatic rings. The van der Waals surface area contributed by atoms with Gasteiger partial charge in [0, 0.05) is 0 Å². The molecular formula is C11H11F3O2. The molecule has 0 aliphatic heterocycles. The maximum atomic E-state index is 12.4. The van der Waals surface area contributed by atoms with Crippen LogP contribution in [0.2, 0.25) is 0 Å². The maximum Gasteiger partial charge on any atom is 0.427 e. The lowest BCUT2D eigenvalue weighted by atomic mass is 10.1. The van der Waals surface area contributed by atoms with Crippen LogP contribution in [0.1, 0.15) is 24.2 Å². The van der Waals surface area contributed by atoms with Crippen LogP contribution < -0.4 is 0 Å². The molecule has 0 unspecified atom stereocenters. The normalized spacial score (nSPS) is 12.3. The Bertz CT molecular complexity index is 369. The van der Waals surface area contributed by atoms with E-state index in [1.807, 2.05) is 0 Å². The number of alkyl halides is 3. The van der Waals surface area contributed by atoms with Gasteiger partial charge in [-0.1, -0.05) is 18.2 Å². The Hall–Kier alpha value is -1.52. The van der Waals surface area contributed by atoms with Crippen molar-refractivity contribution < 1.29 is 22.7 Å². The van der Waals surface area contributed by atoms with Crippen molar-refractivity contribution in [2.75, 3.05) is 0 Å². The van der Waals surface area contributed by atoms with Gasteiger partial charge in [0.15, 0.2) is 0 Å². The van der Waals surface area contributed by atoms with E-state index in [-0.39, 0.29) is 5.56 Å². The third kappa shape index (κ3) is 2.74. The fraction of sp³-hybridized carbons (Fsp3) is 0.364. The van der Waals surface area contributed by atoms with Gasteiger partial charge in [0.05, 0.1) is 5.56 Å². The van der Waals surface area contributed by atoms with Gasteiger partial charge in [-0.15, -0.1) is 0 Å². The van der Waals surface area contributed by atoms with Crippen molar-refractivity contribution >= 4 is 5.97 Å². The van der Waals surface area contributed by atoms with E-state index in [0.717, 1.165) is 13.8 Å². The predicted molar refractivity (Wildman–Crippen MR) is 52.0 cm³/mol. The molecule has 0 atom stereocenters. The van der Waals surface area contributed by atoms with Gasteiger partial charge in [0.25, 0.3) is 0 Å². The SMILES string of the molecule is CC(C)(OC(=O)c1ccccc1)C(F)(F)F. The zero-order valence-electron chi connectivity index (χ0n) is 8.84. The van der Waals surface area contributed by atoms with Gasteiger partial charge in [-0.3, -0.25) is 0 Å². The number of hydrogen-bond donors (Lipinski definition) is 0. The second kappa shape index (κ2) is 4.15.